The standard InChI is InChI=1S/C16H27BrN2/c1-5-13(6-2)11-19(7-3)14-8-9-15(12(4)18)16(17)10-14/h8-10,12-13H,5-7,11,18H2,1-4H3/t12-/m1/s1. The molecule has 0 heterocycles. The molecular weight excluding hydrogens is 300 g/mol. The third-order valence-corrected chi connectivity index (χ3v) is 4.54. The van der Waals surface area contributed by atoms with Crippen molar-refractivity contribution >= 4 is 21.6 Å². The van der Waals surface area contributed by atoms with Gasteiger partial charge in [0, 0.05) is 29.3 Å². The van der Waals surface area contributed by atoms with Crippen molar-refractivity contribution in [3.63, 3.8) is 0 Å². The third-order valence-electron chi connectivity index (χ3n) is 3.85. The summed E-state index contributed by atoms with van der Waals surface area (Å²) in [5, 5.41) is 0. The number of anilines is 1. The van der Waals surface area contributed by atoms with E-state index in [1.807, 2.05) is 6.92 Å². The molecular formula is C16H27BrN2. The average Bonchev–Trinajstić information content (AvgIpc) is 2.39. The maximum atomic E-state index is 5.95. The van der Waals surface area contributed by atoms with Crippen LogP contribution >= 0.6 is 15.9 Å². The molecule has 108 valence electrons. The Kier molecular flexibility index (Phi) is 6.87. The normalized spacial score (nSPS) is 12.8. The fraction of sp³-hybridized carbons (Fsp3) is 0.625. The molecule has 0 amide bonds. The van der Waals surface area contributed by atoms with Crippen LogP contribution in [0.1, 0.15) is 52.1 Å². The summed E-state index contributed by atoms with van der Waals surface area (Å²) < 4.78 is 1.11. The summed E-state index contributed by atoms with van der Waals surface area (Å²) in [5.74, 6) is 0.770. The van der Waals surface area contributed by atoms with Crippen molar-refractivity contribution in [2.45, 2.75) is 46.6 Å². The number of halogens is 1. The third kappa shape index (κ3) is 4.50. The van der Waals surface area contributed by atoms with E-state index in [1.165, 1.54) is 24.1 Å². The van der Waals surface area contributed by atoms with E-state index in [2.05, 4.69) is 59.8 Å². The minimum absolute atomic E-state index is 0.0672. The Morgan fingerprint density at radius 1 is 1.21 bits per heavy atom. The van der Waals surface area contributed by atoms with Gasteiger partial charge in [0.1, 0.15) is 0 Å². The molecule has 19 heavy (non-hydrogen) atoms. The SMILES string of the molecule is CCC(CC)CN(CC)c1ccc([C@@H](C)N)c(Br)c1. The van der Waals surface area contributed by atoms with Crippen molar-refractivity contribution in [1.29, 1.82) is 0 Å². The Morgan fingerprint density at radius 3 is 2.26 bits per heavy atom. The Labute approximate surface area is 126 Å². The summed E-state index contributed by atoms with van der Waals surface area (Å²) in [6.07, 6.45) is 2.48. The van der Waals surface area contributed by atoms with Crippen molar-refractivity contribution in [3.05, 3.63) is 28.2 Å². The molecule has 1 atom stereocenters. The zero-order valence-electron chi connectivity index (χ0n) is 12.6. The molecule has 3 heteroatoms. The van der Waals surface area contributed by atoms with Gasteiger partial charge in [0.2, 0.25) is 0 Å². The van der Waals surface area contributed by atoms with Gasteiger partial charge in [0.25, 0.3) is 0 Å². The van der Waals surface area contributed by atoms with Gasteiger partial charge in [-0.25, -0.2) is 0 Å². The van der Waals surface area contributed by atoms with E-state index >= 15 is 0 Å². The molecule has 2 N–H and O–H groups in total. The van der Waals surface area contributed by atoms with Crippen molar-refractivity contribution in [2.24, 2.45) is 11.7 Å². The van der Waals surface area contributed by atoms with Gasteiger partial charge in [-0.3, -0.25) is 0 Å². The van der Waals surface area contributed by atoms with Crippen molar-refractivity contribution in [2.75, 3.05) is 18.0 Å². The predicted octanol–water partition coefficient (Wildman–Crippen LogP) is 4.73. The molecule has 0 aliphatic carbocycles. The lowest BCUT2D eigenvalue weighted by molar-refractivity contribution is 0.486. The zero-order chi connectivity index (χ0) is 14.4. The van der Waals surface area contributed by atoms with Crippen LogP contribution in [0.15, 0.2) is 22.7 Å². The van der Waals surface area contributed by atoms with Gasteiger partial charge in [-0.1, -0.05) is 48.7 Å². The van der Waals surface area contributed by atoms with Crippen LogP contribution in [0.5, 0.6) is 0 Å². The summed E-state index contributed by atoms with van der Waals surface area (Å²) in [6, 6.07) is 6.59. The van der Waals surface area contributed by atoms with Crippen LogP contribution in [0.2, 0.25) is 0 Å². The van der Waals surface area contributed by atoms with E-state index in [4.69, 9.17) is 5.73 Å². The Hall–Kier alpha value is -0.540. The highest BCUT2D eigenvalue weighted by atomic mass is 79.9. The van der Waals surface area contributed by atoms with Gasteiger partial charge in [-0.2, -0.15) is 0 Å². The molecule has 0 aliphatic heterocycles. The molecule has 2 nitrogen and oxygen atoms in total. The highest BCUT2D eigenvalue weighted by Crippen LogP contribution is 2.28. The van der Waals surface area contributed by atoms with E-state index in [1.54, 1.807) is 0 Å². The fourth-order valence-corrected chi connectivity index (χ4v) is 3.09. The van der Waals surface area contributed by atoms with Crippen LogP contribution < -0.4 is 10.6 Å². The molecule has 0 fully saturated rings. The van der Waals surface area contributed by atoms with Crippen LogP contribution in [0.4, 0.5) is 5.69 Å². The molecule has 0 saturated carbocycles. The molecule has 0 unspecified atom stereocenters. The number of nitrogens with zero attached hydrogens (tertiary/aromatic N) is 1. The monoisotopic (exact) mass is 326 g/mol. The Morgan fingerprint density at radius 2 is 1.84 bits per heavy atom. The average molecular weight is 327 g/mol. The molecule has 1 rings (SSSR count). The van der Waals surface area contributed by atoms with Crippen LogP contribution in [0.3, 0.4) is 0 Å². The molecule has 0 spiro atoms. The van der Waals surface area contributed by atoms with Gasteiger partial charge >= 0.3 is 0 Å². The molecule has 1 aromatic carbocycles. The number of benzene rings is 1. The first kappa shape index (κ1) is 16.5. The lowest BCUT2D eigenvalue weighted by Gasteiger charge is -2.28. The highest BCUT2D eigenvalue weighted by Gasteiger charge is 2.13. The summed E-state index contributed by atoms with van der Waals surface area (Å²) >= 11 is 3.64. The van der Waals surface area contributed by atoms with Crippen molar-refractivity contribution < 1.29 is 0 Å². The second-order valence-corrected chi connectivity index (χ2v) is 6.07. The Balaban J connectivity index is 2.90. The molecule has 0 aromatic heterocycles. The van der Waals surface area contributed by atoms with Gasteiger partial charge < -0.3 is 10.6 Å². The summed E-state index contributed by atoms with van der Waals surface area (Å²) in [7, 11) is 0. The molecule has 0 saturated heterocycles. The second-order valence-electron chi connectivity index (χ2n) is 5.22. The van der Waals surface area contributed by atoms with Gasteiger partial charge in [-0.05, 0) is 37.5 Å². The lowest BCUT2D eigenvalue weighted by Crippen LogP contribution is -2.29. The van der Waals surface area contributed by atoms with Crippen LogP contribution in [-0.2, 0) is 0 Å². The molecule has 0 bridgehead atoms. The number of rotatable bonds is 7. The molecule has 1 aromatic rings. The van der Waals surface area contributed by atoms with E-state index in [9.17, 15) is 0 Å². The molecule has 0 radical (unpaired) electrons. The fourth-order valence-electron chi connectivity index (χ4n) is 2.36. The van der Waals surface area contributed by atoms with Crippen LogP contribution in [-0.4, -0.2) is 13.1 Å². The topological polar surface area (TPSA) is 29.3 Å². The summed E-state index contributed by atoms with van der Waals surface area (Å²) in [4.78, 5) is 2.45. The highest BCUT2D eigenvalue weighted by molar-refractivity contribution is 9.10. The van der Waals surface area contributed by atoms with Crippen LogP contribution in [0.25, 0.3) is 0 Å². The van der Waals surface area contributed by atoms with E-state index in [0.717, 1.165) is 23.5 Å². The lowest BCUT2D eigenvalue weighted by atomic mass is 10.0. The molecule has 0 aliphatic rings. The van der Waals surface area contributed by atoms with Gasteiger partial charge in [0.05, 0.1) is 0 Å². The van der Waals surface area contributed by atoms with E-state index < -0.39 is 0 Å². The van der Waals surface area contributed by atoms with Crippen molar-refractivity contribution in [1.82, 2.24) is 0 Å². The van der Waals surface area contributed by atoms with E-state index in [0.29, 0.717) is 0 Å². The number of hydrogen-bond acceptors (Lipinski definition) is 2. The van der Waals surface area contributed by atoms with E-state index in [-0.39, 0.29) is 6.04 Å². The summed E-state index contributed by atoms with van der Waals surface area (Å²) in [5.41, 5.74) is 8.41. The zero-order valence-corrected chi connectivity index (χ0v) is 14.2. The van der Waals surface area contributed by atoms with Crippen molar-refractivity contribution in [3.8, 4) is 0 Å². The van der Waals surface area contributed by atoms with Crippen LogP contribution in [0, 0.1) is 5.92 Å². The van der Waals surface area contributed by atoms with Gasteiger partial charge in [0.15, 0.2) is 0 Å². The smallest absolute Gasteiger partial charge is 0.0377 e. The maximum absolute atomic E-state index is 5.95. The minimum atomic E-state index is 0.0672. The largest absolute Gasteiger partial charge is 0.372 e. The Bertz CT molecular complexity index is 386. The first-order chi connectivity index (χ1) is 9.03. The second kappa shape index (κ2) is 7.91. The summed E-state index contributed by atoms with van der Waals surface area (Å²) in [6.45, 7) is 11.0. The first-order valence-electron chi connectivity index (χ1n) is 7.33. The predicted molar refractivity (Wildman–Crippen MR) is 88.7 cm³/mol. The quantitative estimate of drug-likeness (QED) is 0.784. The minimum Gasteiger partial charge on any atom is -0.372 e. The number of nitrogens with two attached hydrogens (primary N) is 1. The van der Waals surface area contributed by atoms with Gasteiger partial charge in [-0.15, -0.1) is 0 Å². The first-order valence-corrected chi connectivity index (χ1v) is 8.12. The number of hydrogen-bond donors (Lipinski definition) is 1. The maximum Gasteiger partial charge on any atom is 0.0377 e.